The molecule has 2 aliphatic rings. The molecular formula is C22H38N4O3. The van der Waals surface area contributed by atoms with Gasteiger partial charge in [-0.3, -0.25) is 9.80 Å². The maximum Gasteiger partial charge on any atom is 0.161 e. The number of benzene rings is 1. The van der Waals surface area contributed by atoms with Crippen molar-refractivity contribution in [3.63, 3.8) is 0 Å². The predicted molar refractivity (Wildman–Crippen MR) is 116 cm³/mol. The van der Waals surface area contributed by atoms with Crippen LogP contribution in [0.3, 0.4) is 0 Å². The molecule has 0 spiro atoms. The van der Waals surface area contributed by atoms with E-state index in [1.165, 1.54) is 5.56 Å². The van der Waals surface area contributed by atoms with Crippen LogP contribution in [0.5, 0.6) is 11.5 Å². The van der Waals surface area contributed by atoms with Crippen LogP contribution in [0.4, 0.5) is 0 Å². The lowest BCUT2D eigenvalue weighted by molar-refractivity contribution is 0.0512. The van der Waals surface area contributed by atoms with Crippen molar-refractivity contribution in [3.8, 4) is 11.5 Å². The Balaban J connectivity index is 1.53. The molecule has 3 rings (SSSR count). The summed E-state index contributed by atoms with van der Waals surface area (Å²) in [6.07, 6.45) is 0.705. The fourth-order valence-electron chi connectivity index (χ4n) is 4.24. The molecule has 164 valence electrons. The Morgan fingerprint density at radius 2 is 1.86 bits per heavy atom. The van der Waals surface area contributed by atoms with Crippen LogP contribution in [0.15, 0.2) is 18.2 Å². The van der Waals surface area contributed by atoms with Gasteiger partial charge in [0.25, 0.3) is 0 Å². The van der Waals surface area contributed by atoms with Gasteiger partial charge in [0.2, 0.25) is 0 Å². The zero-order chi connectivity index (χ0) is 20.8. The quantitative estimate of drug-likeness (QED) is 0.610. The summed E-state index contributed by atoms with van der Waals surface area (Å²) >= 11 is 0. The van der Waals surface area contributed by atoms with E-state index in [-0.39, 0.29) is 12.1 Å². The molecule has 2 atom stereocenters. The van der Waals surface area contributed by atoms with Crippen LogP contribution in [0.25, 0.3) is 0 Å². The number of piperazine rings is 1. The van der Waals surface area contributed by atoms with Crippen LogP contribution in [-0.2, 0) is 6.54 Å². The number of ether oxygens (including phenoxy) is 2. The molecule has 2 fully saturated rings. The van der Waals surface area contributed by atoms with Gasteiger partial charge in [0.05, 0.1) is 19.8 Å². The first-order valence-electron chi connectivity index (χ1n) is 10.7. The molecule has 1 aromatic rings. The predicted octanol–water partition coefficient (Wildman–Crippen LogP) is 0.818. The van der Waals surface area contributed by atoms with Gasteiger partial charge < -0.3 is 24.4 Å². The zero-order valence-corrected chi connectivity index (χ0v) is 18.5. The molecule has 7 heteroatoms. The highest BCUT2D eigenvalue weighted by molar-refractivity contribution is 5.43. The minimum Gasteiger partial charge on any atom is -0.493 e. The van der Waals surface area contributed by atoms with Crippen LogP contribution in [0.2, 0.25) is 0 Å². The maximum absolute atomic E-state index is 10.6. The van der Waals surface area contributed by atoms with Gasteiger partial charge in [0.15, 0.2) is 11.5 Å². The first-order valence-corrected chi connectivity index (χ1v) is 10.7. The van der Waals surface area contributed by atoms with Gasteiger partial charge in [-0.25, -0.2) is 0 Å². The topological polar surface area (TPSA) is 51.7 Å². The average molecular weight is 407 g/mol. The van der Waals surface area contributed by atoms with E-state index < -0.39 is 0 Å². The van der Waals surface area contributed by atoms with Crippen molar-refractivity contribution < 1.29 is 14.6 Å². The third kappa shape index (κ3) is 6.30. The highest BCUT2D eigenvalue weighted by Crippen LogP contribution is 2.29. The minimum absolute atomic E-state index is 0.241. The third-order valence-corrected chi connectivity index (χ3v) is 5.98. The van der Waals surface area contributed by atoms with Crippen molar-refractivity contribution in [1.82, 2.24) is 19.6 Å². The van der Waals surface area contributed by atoms with Crippen molar-refractivity contribution in [1.29, 1.82) is 0 Å². The Hall–Kier alpha value is -1.38. The molecule has 2 heterocycles. The second-order valence-electron chi connectivity index (χ2n) is 8.66. The number of hydrogen-bond donors (Lipinski definition) is 1. The summed E-state index contributed by atoms with van der Waals surface area (Å²) < 4.78 is 11.5. The number of aliphatic hydroxyl groups is 1. The number of nitrogens with zero attached hydrogens (tertiary/aromatic N) is 4. The van der Waals surface area contributed by atoms with Crippen molar-refractivity contribution in [2.45, 2.75) is 25.1 Å². The largest absolute Gasteiger partial charge is 0.493 e. The van der Waals surface area contributed by atoms with Crippen molar-refractivity contribution in [2.75, 3.05) is 80.7 Å². The number of β-amino-alcohol motifs (C(OH)–C–C–N with tert-alkyl or cyclic N) is 1. The average Bonchev–Trinajstić information content (AvgIpc) is 3.06. The molecule has 7 nitrogen and oxygen atoms in total. The standard InChI is InChI=1S/C22H38N4O3/c1-23(2)8-5-13-29-21-7-6-18(14-22(21)28-4)15-25-16-19(20(27)17-25)26-11-9-24(3)10-12-26/h6-7,14,19-20,27H,5,8-13,15-17H2,1-4H3/t19-,20-/m0/s1. The van der Waals surface area contributed by atoms with E-state index in [1.54, 1.807) is 7.11 Å². The highest BCUT2D eigenvalue weighted by Gasteiger charge is 2.36. The van der Waals surface area contributed by atoms with Crippen molar-refractivity contribution >= 4 is 0 Å². The molecule has 0 amide bonds. The lowest BCUT2D eigenvalue weighted by atomic mass is 10.1. The first-order chi connectivity index (χ1) is 14.0. The first kappa shape index (κ1) is 22.3. The summed E-state index contributed by atoms with van der Waals surface area (Å²) in [5.74, 6) is 1.58. The smallest absolute Gasteiger partial charge is 0.161 e. The highest BCUT2D eigenvalue weighted by atomic mass is 16.5. The fraction of sp³-hybridized carbons (Fsp3) is 0.727. The van der Waals surface area contributed by atoms with E-state index in [0.717, 1.165) is 70.3 Å². The molecule has 2 saturated heterocycles. The van der Waals surface area contributed by atoms with Crippen LogP contribution in [-0.4, -0.2) is 118 Å². The molecule has 1 N–H and O–H groups in total. The van der Waals surface area contributed by atoms with Gasteiger partial charge in [0, 0.05) is 58.4 Å². The van der Waals surface area contributed by atoms with Crippen LogP contribution in [0.1, 0.15) is 12.0 Å². The van der Waals surface area contributed by atoms with Gasteiger partial charge in [-0.05, 0) is 45.3 Å². The summed E-state index contributed by atoms with van der Waals surface area (Å²) in [6.45, 7) is 8.38. The van der Waals surface area contributed by atoms with E-state index in [2.05, 4.69) is 52.9 Å². The van der Waals surface area contributed by atoms with Gasteiger partial charge in [-0.2, -0.15) is 0 Å². The number of hydrogen-bond acceptors (Lipinski definition) is 7. The summed E-state index contributed by atoms with van der Waals surface area (Å²) in [5, 5.41) is 10.6. The number of rotatable bonds is 9. The van der Waals surface area contributed by atoms with Gasteiger partial charge >= 0.3 is 0 Å². The molecule has 0 saturated carbocycles. The van der Waals surface area contributed by atoms with Crippen LogP contribution < -0.4 is 9.47 Å². The molecule has 0 aromatic heterocycles. The number of likely N-dealkylation sites (N-methyl/N-ethyl adjacent to an activating group) is 1. The summed E-state index contributed by atoms with van der Waals surface area (Å²) in [4.78, 5) is 9.31. The Bertz CT molecular complexity index is 634. The third-order valence-electron chi connectivity index (χ3n) is 5.98. The summed E-state index contributed by atoms with van der Waals surface area (Å²) in [5.41, 5.74) is 1.19. The maximum atomic E-state index is 10.6. The molecule has 0 radical (unpaired) electrons. The molecule has 2 aliphatic heterocycles. The van der Waals surface area contributed by atoms with Gasteiger partial charge in [0.1, 0.15) is 0 Å². The zero-order valence-electron chi connectivity index (χ0n) is 18.5. The Morgan fingerprint density at radius 1 is 1.10 bits per heavy atom. The summed E-state index contributed by atoms with van der Waals surface area (Å²) in [7, 11) is 7.99. The van der Waals surface area contributed by atoms with E-state index in [0.29, 0.717) is 6.61 Å². The van der Waals surface area contributed by atoms with Crippen LogP contribution in [0, 0.1) is 0 Å². The SMILES string of the molecule is COc1cc(CN2C[C@H](O)[C@@H](N3CCN(C)CC3)C2)ccc1OCCCN(C)C. The van der Waals surface area contributed by atoms with Crippen LogP contribution >= 0.6 is 0 Å². The van der Waals surface area contributed by atoms with E-state index in [9.17, 15) is 5.11 Å². The molecular weight excluding hydrogens is 368 g/mol. The fourth-order valence-corrected chi connectivity index (χ4v) is 4.24. The van der Waals surface area contributed by atoms with E-state index in [4.69, 9.17) is 9.47 Å². The monoisotopic (exact) mass is 406 g/mol. The van der Waals surface area contributed by atoms with Crippen molar-refractivity contribution in [3.05, 3.63) is 23.8 Å². The van der Waals surface area contributed by atoms with Gasteiger partial charge in [-0.15, -0.1) is 0 Å². The molecule has 0 aliphatic carbocycles. The lowest BCUT2D eigenvalue weighted by Crippen LogP contribution is -2.52. The number of methoxy groups -OCH3 is 1. The summed E-state index contributed by atoms with van der Waals surface area (Å²) in [6, 6.07) is 6.43. The second kappa shape index (κ2) is 10.6. The Labute approximate surface area is 175 Å². The molecule has 0 unspecified atom stereocenters. The molecule has 1 aromatic carbocycles. The van der Waals surface area contributed by atoms with E-state index >= 15 is 0 Å². The normalized spacial score (nSPS) is 24.3. The minimum atomic E-state index is -0.278. The lowest BCUT2D eigenvalue weighted by Gasteiger charge is -2.37. The van der Waals surface area contributed by atoms with Gasteiger partial charge in [-0.1, -0.05) is 6.07 Å². The Morgan fingerprint density at radius 3 is 2.55 bits per heavy atom. The van der Waals surface area contributed by atoms with E-state index in [1.807, 2.05) is 6.07 Å². The molecule has 29 heavy (non-hydrogen) atoms. The number of likely N-dealkylation sites (tertiary alicyclic amines) is 1. The number of aliphatic hydroxyl groups excluding tert-OH is 1. The second-order valence-corrected chi connectivity index (χ2v) is 8.66. The molecule has 0 bridgehead atoms. The Kier molecular flexibility index (Phi) is 8.15. The van der Waals surface area contributed by atoms with Crippen molar-refractivity contribution in [2.24, 2.45) is 0 Å².